The van der Waals surface area contributed by atoms with Gasteiger partial charge in [0.05, 0.1) is 17.0 Å². The fourth-order valence-corrected chi connectivity index (χ4v) is 4.64. The summed E-state index contributed by atoms with van der Waals surface area (Å²) in [6, 6.07) is 3.70. The second-order valence-corrected chi connectivity index (χ2v) is 9.00. The van der Waals surface area contributed by atoms with Gasteiger partial charge in [-0.05, 0) is 27.1 Å². The molecule has 0 unspecified atom stereocenters. The van der Waals surface area contributed by atoms with Crippen molar-refractivity contribution >= 4 is 29.0 Å². The Hall–Kier alpha value is -2.23. The second kappa shape index (κ2) is 10.00. The molecule has 0 aliphatic rings. The van der Waals surface area contributed by atoms with Crippen LogP contribution in [0.3, 0.4) is 0 Å². The van der Waals surface area contributed by atoms with Gasteiger partial charge in [0.1, 0.15) is 5.01 Å². The molecule has 0 aliphatic carbocycles. The lowest BCUT2D eigenvalue weighted by Crippen LogP contribution is -2.25. The van der Waals surface area contributed by atoms with Crippen molar-refractivity contribution in [3.05, 3.63) is 56.7 Å². The monoisotopic (exact) mass is 430 g/mol. The molecule has 1 N–H and O–H groups in total. The van der Waals surface area contributed by atoms with Gasteiger partial charge in [-0.15, -0.1) is 11.3 Å². The number of thioether (sulfide) groups is 1. The number of nitrogens with one attached hydrogen (secondary N) is 1. The summed E-state index contributed by atoms with van der Waals surface area (Å²) in [6.45, 7) is 3.47. The van der Waals surface area contributed by atoms with Crippen LogP contribution in [-0.2, 0) is 19.3 Å². The summed E-state index contributed by atoms with van der Waals surface area (Å²) in [6.07, 6.45) is 3.39. The van der Waals surface area contributed by atoms with Crippen molar-refractivity contribution < 1.29 is 0 Å². The zero-order valence-corrected chi connectivity index (χ0v) is 18.8. The first kappa shape index (κ1) is 21.5. The van der Waals surface area contributed by atoms with Gasteiger partial charge in [-0.3, -0.25) is 14.3 Å². The van der Waals surface area contributed by atoms with E-state index in [1.54, 1.807) is 35.3 Å². The van der Waals surface area contributed by atoms with Crippen LogP contribution < -0.4 is 10.9 Å². The summed E-state index contributed by atoms with van der Waals surface area (Å²) in [5, 5.41) is 6.56. The molecule has 3 aromatic rings. The van der Waals surface area contributed by atoms with Crippen molar-refractivity contribution in [1.29, 1.82) is 0 Å². The van der Waals surface area contributed by atoms with Gasteiger partial charge in [0.25, 0.3) is 5.56 Å². The molecule has 0 saturated carbocycles. The molecule has 0 aromatic carbocycles. The smallest absolute Gasteiger partial charge is 0.262 e. The van der Waals surface area contributed by atoms with E-state index in [1.807, 2.05) is 44.9 Å². The van der Waals surface area contributed by atoms with Gasteiger partial charge < -0.3 is 10.2 Å². The molecule has 0 spiro atoms. The molecule has 7 nitrogen and oxygen atoms in total. The molecular weight excluding hydrogens is 404 g/mol. The standard InChI is InChI=1S/C20H26N6OS2/c1-14-18(15-6-5-7-21-10-15)19(27)26(4)20(23-14)22-8-9-28-12-16-13-29-17(24-16)11-25(2)3/h5-7,10,13H,8-9,11-12H2,1-4H3,(H,22,23). The Morgan fingerprint density at radius 3 is 2.86 bits per heavy atom. The summed E-state index contributed by atoms with van der Waals surface area (Å²) in [5.41, 5.74) is 3.14. The number of rotatable bonds is 9. The lowest BCUT2D eigenvalue weighted by molar-refractivity contribution is 0.401. The number of hydrogen-bond donors (Lipinski definition) is 1. The third-order valence-corrected chi connectivity index (χ3v) is 6.13. The number of thiazole rings is 1. The van der Waals surface area contributed by atoms with E-state index in [2.05, 4.69) is 30.5 Å². The van der Waals surface area contributed by atoms with Gasteiger partial charge in [0, 0.05) is 55.0 Å². The van der Waals surface area contributed by atoms with Gasteiger partial charge >= 0.3 is 0 Å². The van der Waals surface area contributed by atoms with E-state index >= 15 is 0 Å². The van der Waals surface area contributed by atoms with Crippen LogP contribution >= 0.6 is 23.1 Å². The normalized spacial score (nSPS) is 11.2. The van der Waals surface area contributed by atoms with Crippen LogP contribution in [0.25, 0.3) is 11.1 Å². The molecule has 0 amide bonds. The van der Waals surface area contributed by atoms with Crippen molar-refractivity contribution in [3.63, 3.8) is 0 Å². The Balaban J connectivity index is 1.55. The molecule has 29 heavy (non-hydrogen) atoms. The van der Waals surface area contributed by atoms with Gasteiger partial charge in [-0.2, -0.15) is 11.8 Å². The minimum absolute atomic E-state index is 0.0726. The number of aryl methyl sites for hydroxylation is 1. The highest BCUT2D eigenvalue weighted by Crippen LogP contribution is 2.19. The van der Waals surface area contributed by atoms with Crippen molar-refractivity contribution in [3.8, 4) is 11.1 Å². The van der Waals surface area contributed by atoms with Crippen LogP contribution in [0.15, 0.2) is 34.7 Å². The Morgan fingerprint density at radius 2 is 2.14 bits per heavy atom. The number of anilines is 1. The summed E-state index contributed by atoms with van der Waals surface area (Å²) < 4.78 is 1.56. The van der Waals surface area contributed by atoms with E-state index in [4.69, 9.17) is 0 Å². The molecule has 0 fully saturated rings. The van der Waals surface area contributed by atoms with E-state index in [9.17, 15) is 4.79 Å². The molecule has 0 atom stereocenters. The second-order valence-electron chi connectivity index (χ2n) is 6.95. The predicted molar refractivity (Wildman–Crippen MR) is 122 cm³/mol. The summed E-state index contributed by atoms with van der Waals surface area (Å²) in [7, 11) is 5.84. The SMILES string of the molecule is Cc1nc(NCCSCc2csc(CN(C)C)n2)n(C)c(=O)c1-c1cccnc1. The van der Waals surface area contributed by atoms with E-state index < -0.39 is 0 Å². The third-order valence-electron chi connectivity index (χ3n) is 4.25. The minimum atomic E-state index is -0.0726. The fraction of sp³-hybridized carbons (Fsp3) is 0.400. The fourth-order valence-electron chi connectivity index (χ4n) is 2.88. The van der Waals surface area contributed by atoms with Crippen LogP contribution in [0.5, 0.6) is 0 Å². The van der Waals surface area contributed by atoms with Gasteiger partial charge in [0.15, 0.2) is 0 Å². The molecule has 0 saturated heterocycles. The molecule has 3 aromatic heterocycles. The molecule has 3 heterocycles. The van der Waals surface area contributed by atoms with E-state index in [1.165, 1.54) is 0 Å². The first-order valence-corrected chi connectivity index (χ1v) is 11.4. The first-order chi connectivity index (χ1) is 14.0. The topological polar surface area (TPSA) is 75.9 Å². The molecular formula is C20H26N6OS2. The average Bonchev–Trinajstić information content (AvgIpc) is 3.12. The number of hydrogen-bond acceptors (Lipinski definition) is 8. The molecule has 9 heteroatoms. The minimum Gasteiger partial charge on any atom is -0.355 e. The summed E-state index contributed by atoms with van der Waals surface area (Å²) in [5.74, 6) is 2.37. The number of pyridine rings is 1. The van der Waals surface area contributed by atoms with Crippen LogP contribution in [0.1, 0.15) is 16.4 Å². The zero-order valence-electron chi connectivity index (χ0n) is 17.2. The largest absolute Gasteiger partial charge is 0.355 e. The molecule has 154 valence electrons. The third kappa shape index (κ3) is 5.65. The zero-order chi connectivity index (χ0) is 20.8. The lowest BCUT2D eigenvalue weighted by Gasteiger charge is -2.13. The summed E-state index contributed by atoms with van der Waals surface area (Å²) >= 11 is 3.53. The molecule has 0 radical (unpaired) electrons. The van der Waals surface area contributed by atoms with E-state index in [-0.39, 0.29) is 5.56 Å². The van der Waals surface area contributed by atoms with Crippen LogP contribution in [0.2, 0.25) is 0 Å². The van der Waals surface area contributed by atoms with Crippen LogP contribution in [0.4, 0.5) is 5.95 Å². The molecule has 3 rings (SSSR count). The van der Waals surface area contributed by atoms with Crippen molar-refractivity contribution in [2.45, 2.75) is 19.2 Å². The quantitative estimate of drug-likeness (QED) is 0.523. The molecule has 0 bridgehead atoms. The number of nitrogens with zero attached hydrogens (tertiary/aromatic N) is 5. The van der Waals surface area contributed by atoms with E-state index in [0.29, 0.717) is 17.2 Å². The van der Waals surface area contributed by atoms with Gasteiger partial charge in [-0.1, -0.05) is 6.07 Å². The van der Waals surface area contributed by atoms with Gasteiger partial charge in [0.2, 0.25) is 5.95 Å². The first-order valence-electron chi connectivity index (χ1n) is 9.33. The summed E-state index contributed by atoms with van der Waals surface area (Å²) in [4.78, 5) is 28.3. The Labute approximate surface area is 179 Å². The van der Waals surface area contributed by atoms with Crippen LogP contribution in [-0.4, -0.2) is 50.8 Å². The van der Waals surface area contributed by atoms with Gasteiger partial charge in [-0.25, -0.2) is 9.97 Å². The maximum Gasteiger partial charge on any atom is 0.262 e. The predicted octanol–water partition coefficient (Wildman–Crippen LogP) is 3.01. The van der Waals surface area contributed by atoms with Crippen molar-refractivity contribution in [2.75, 3.05) is 31.7 Å². The Bertz CT molecular complexity index is 1000. The maximum atomic E-state index is 12.8. The van der Waals surface area contributed by atoms with Crippen molar-refractivity contribution in [2.24, 2.45) is 7.05 Å². The van der Waals surface area contributed by atoms with Crippen LogP contribution in [0, 0.1) is 6.92 Å². The number of aromatic nitrogens is 4. The highest BCUT2D eigenvalue weighted by atomic mass is 32.2. The Kier molecular flexibility index (Phi) is 7.40. The van der Waals surface area contributed by atoms with Crippen molar-refractivity contribution in [1.82, 2.24) is 24.4 Å². The van der Waals surface area contributed by atoms with E-state index in [0.717, 1.165) is 40.9 Å². The maximum absolute atomic E-state index is 12.8. The highest BCUT2D eigenvalue weighted by Gasteiger charge is 2.13. The molecule has 0 aliphatic heterocycles. The average molecular weight is 431 g/mol. The lowest BCUT2D eigenvalue weighted by atomic mass is 10.1. The highest BCUT2D eigenvalue weighted by molar-refractivity contribution is 7.98. The Morgan fingerprint density at radius 1 is 1.31 bits per heavy atom.